The zero-order valence-electron chi connectivity index (χ0n) is 9.92. The van der Waals surface area contributed by atoms with Crippen molar-refractivity contribution in [2.45, 2.75) is 38.1 Å². The van der Waals surface area contributed by atoms with Crippen molar-refractivity contribution in [2.24, 2.45) is 5.73 Å². The summed E-state index contributed by atoms with van der Waals surface area (Å²) in [4.78, 5) is 0.436. The minimum atomic E-state index is 0.299. The largest absolute Gasteiger partial charge is 0.389 e. The quantitative estimate of drug-likeness (QED) is 0.830. The molecule has 1 saturated carbocycles. The predicted octanol–water partition coefficient (Wildman–Crippen LogP) is 3.83. The maximum atomic E-state index is 5.61. The minimum absolute atomic E-state index is 0.299. The fraction of sp³-hybridized carbons (Fsp3) is 0.462. The first kappa shape index (κ1) is 12.8. The van der Waals surface area contributed by atoms with E-state index in [0.29, 0.717) is 10.5 Å². The lowest BCUT2D eigenvalue weighted by Crippen LogP contribution is -2.44. The Labute approximate surface area is 116 Å². The van der Waals surface area contributed by atoms with Crippen molar-refractivity contribution < 1.29 is 0 Å². The molecular formula is C13H17BrN2S. The summed E-state index contributed by atoms with van der Waals surface area (Å²) >= 11 is 8.54. The first-order chi connectivity index (χ1) is 8.06. The van der Waals surface area contributed by atoms with Crippen LogP contribution in [0.4, 0.5) is 5.69 Å². The van der Waals surface area contributed by atoms with Gasteiger partial charge in [0, 0.05) is 21.3 Å². The summed E-state index contributed by atoms with van der Waals surface area (Å²) in [5.41, 5.74) is 7.94. The van der Waals surface area contributed by atoms with Crippen LogP contribution in [0.15, 0.2) is 22.7 Å². The van der Waals surface area contributed by atoms with Crippen LogP contribution in [-0.4, -0.2) is 10.5 Å². The van der Waals surface area contributed by atoms with Crippen LogP contribution in [0.5, 0.6) is 0 Å². The van der Waals surface area contributed by atoms with E-state index >= 15 is 0 Å². The van der Waals surface area contributed by atoms with Crippen molar-refractivity contribution in [2.75, 3.05) is 5.32 Å². The predicted molar refractivity (Wildman–Crippen MR) is 80.5 cm³/mol. The molecule has 0 aliphatic heterocycles. The van der Waals surface area contributed by atoms with Gasteiger partial charge in [0.05, 0.1) is 0 Å². The minimum Gasteiger partial charge on any atom is -0.389 e. The molecule has 2 rings (SSSR count). The van der Waals surface area contributed by atoms with Gasteiger partial charge in [-0.1, -0.05) is 19.1 Å². The van der Waals surface area contributed by atoms with Crippen molar-refractivity contribution in [1.82, 2.24) is 0 Å². The molecule has 0 bridgehead atoms. The Morgan fingerprint density at radius 1 is 1.53 bits per heavy atom. The molecule has 1 fully saturated rings. The molecule has 3 N–H and O–H groups in total. The second-order valence-electron chi connectivity index (χ2n) is 4.67. The molecule has 1 aliphatic carbocycles. The van der Waals surface area contributed by atoms with Gasteiger partial charge in [-0.15, -0.1) is 0 Å². The number of rotatable bonds is 4. The van der Waals surface area contributed by atoms with Crippen LogP contribution in [0.25, 0.3) is 0 Å². The van der Waals surface area contributed by atoms with E-state index in [0.717, 1.165) is 22.1 Å². The molecule has 2 nitrogen and oxygen atoms in total. The maximum absolute atomic E-state index is 5.61. The van der Waals surface area contributed by atoms with Crippen LogP contribution in [-0.2, 0) is 0 Å². The maximum Gasteiger partial charge on any atom is 0.104 e. The van der Waals surface area contributed by atoms with E-state index in [4.69, 9.17) is 18.0 Å². The molecule has 17 heavy (non-hydrogen) atoms. The van der Waals surface area contributed by atoms with Gasteiger partial charge in [0.25, 0.3) is 0 Å². The summed E-state index contributed by atoms with van der Waals surface area (Å²) in [6.07, 6.45) is 5.00. The van der Waals surface area contributed by atoms with E-state index in [9.17, 15) is 0 Å². The van der Waals surface area contributed by atoms with Gasteiger partial charge >= 0.3 is 0 Å². The number of hydrogen-bond donors (Lipinski definition) is 2. The average molecular weight is 313 g/mol. The van der Waals surface area contributed by atoms with Crippen molar-refractivity contribution in [1.29, 1.82) is 0 Å². The summed E-state index contributed by atoms with van der Waals surface area (Å²) in [5, 5.41) is 3.64. The standard InChI is InChI=1S/C13H17BrN2S/c1-2-13(6-3-7-13)16-11-5-4-9(12(15)17)8-10(11)14/h4-5,8,16H,2-3,6-7H2,1H3,(H2,15,17). The topological polar surface area (TPSA) is 38.0 Å². The molecule has 1 aromatic rings. The van der Waals surface area contributed by atoms with E-state index in [2.05, 4.69) is 28.2 Å². The third-order valence-corrected chi connectivity index (χ3v) is 4.53. The Morgan fingerprint density at radius 3 is 2.65 bits per heavy atom. The Hall–Kier alpha value is -0.610. The summed E-state index contributed by atoms with van der Waals surface area (Å²) in [6.45, 7) is 2.24. The summed E-state index contributed by atoms with van der Waals surface area (Å²) in [5.74, 6) is 0. The lowest BCUT2D eigenvalue weighted by atomic mass is 9.74. The average Bonchev–Trinajstić information content (AvgIpc) is 2.25. The van der Waals surface area contributed by atoms with E-state index in [-0.39, 0.29) is 0 Å². The lowest BCUT2D eigenvalue weighted by Gasteiger charge is -2.43. The highest BCUT2D eigenvalue weighted by atomic mass is 79.9. The molecule has 0 radical (unpaired) electrons. The molecule has 0 spiro atoms. The number of anilines is 1. The van der Waals surface area contributed by atoms with E-state index in [1.54, 1.807) is 0 Å². The van der Waals surface area contributed by atoms with Gasteiger partial charge in [-0.2, -0.15) is 0 Å². The molecule has 0 aromatic heterocycles. The normalized spacial score (nSPS) is 17.3. The molecule has 1 aromatic carbocycles. The lowest BCUT2D eigenvalue weighted by molar-refractivity contribution is 0.269. The van der Waals surface area contributed by atoms with Gasteiger partial charge in [-0.05, 0) is 59.8 Å². The summed E-state index contributed by atoms with van der Waals surface area (Å²) in [7, 11) is 0. The van der Waals surface area contributed by atoms with Crippen LogP contribution < -0.4 is 11.1 Å². The third-order valence-electron chi connectivity index (χ3n) is 3.64. The van der Waals surface area contributed by atoms with Crippen LogP contribution in [0.1, 0.15) is 38.2 Å². The molecule has 1 aliphatic rings. The van der Waals surface area contributed by atoms with E-state index in [1.807, 2.05) is 18.2 Å². The van der Waals surface area contributed by atoms with E-state index in [1.165, 1.54) is 19.3 Å². The summed E-state index contributed by atoms with van der Waals surface area (Å²) < 4.78 is 1.03. The number of halogens is 1. The number of hydrogen-bond acceptors (Lipinski definition) is 2. The molecular weight excluding hydrogens is 296 g/mol. The zero-order chi connectivity index (χ0) is 12.5. The summed E-state index contributed by atoms with van der Waals surface area (Å²) in [6, 6.07) is 6.00. The molecule has 0 heterocycles. The van der Waals surface area contributed by atoms with Gasteiger partial charge in [0.1, 0.15) is 4.99 Å². The molecule has 4 heteroatoms. The second kappa shape index (κ2) is 4.94. The van der Waals surface area contributed by atoms with Gasteiger partial charge in [-0.3, -0.25) is 0 Å². The monoisotopic (exact) mass is 312 g/mol. The third kappa shape index (κ3) is 2.63. The highest BCUT2D eigenvalue weighted by molar-refractivity contribution is 9.10. The zero-order valence-corrected chi connectivity index (χ0v) is 12.3. The molecule has 0 saturated heterocycles. The number of nitrogens with two attached hydrogens (primary N) is 1. The molecule has 0 amide bonds. The van der Waals surface area contributed by atoms with Crippen molar-refractivity contribution >= 4 is 38.8 Å². The second-order valence-corrected chi connectivity index (χ2v) is 5.97. The van der Waals surface area contributed by atoms with Gasteiger partial charge in [-0.25, -0.2) is 0 Å². The van der Waals surface area contributed by atoms with Crippen LogP contribution >= 0.6 is 28.1 Å². The van der Waals surface area contributed by atoms with Gasteiger partial charge in [0.15, 0.2) is 0 Å². The highest BCUT2D eigenvalue weighted by Crippen LogP contribution is 2.39. The first-order valence-corrected chi connectivity index (χ1v) is 7.14. The highest BCUT2D eigenvalue weighted by Gasteiger charge is 2.35. The Balaban J connectivity index is 2.19. The van der Waals surface area contributed by atoms with Gasteiger partial charge in [0.2, 0.25) is 0 Å². The van der Waals surface area contributed by atoms with Crippen LogP contribution in [0, 0.1) is 0 Å². The van der Waals surface area contributed by atoms with Crippen molar-refractivity contribution in [3.63, 3.8) is 0 Å². The fourth-order valence-electron chi connectivity index (χ4n) is 2.23. The van der Waals surface area contributed by atoms with Crippen molar-refractivity contribution in [3.05, 3.63) is 28.2 Å². The molecule has 92 valence electrons. The SMILES string of the molecule is CCC1(Nc2ccc(C(N)=S)cc2Br)CCC1. The van der Waals surface area contributed by atoms with Crippen molar-refractivity contribution in [3.8, 4) is 0 Å². The number of nitrogens with one attached hydrogen (secondary N) is 1. The van der Waals surface area contributed by atoms with Crippen LogP contribution in [0.2, 0.25) is 0 Å². The number of benzene rings is 1. The van der Waals surface area contributed by atoms with E-state index < -0.39 is 0 Å². The smallest absolute Gasteiger partial charge is 0.104 e. The Bertz CT molecular complexity index is 436. The van der Waals surface area contributed by atoms with Gasteiger partial charge < -0.3 is 11.1 Å². The first-order valence-electron chi connectivity index (χ1n) is 5.94. The molecule has 0 atom stereocenters. The molecule has 0 unspecified atom stereocenters. The Morgan fingerprint density at radius 2 is 2.24 bits per heavy atom. The van der Waals surface area contributed by atoms with Crippen LogP contribution in [0.3, 0.4) is 0 Å². The Kier molecular flexibility index (Phi) is 3.73. The fourth-order valence-corrected chi connectivity index (χ4v) is 2.83. The number of thiocarbonyl (C=S) groups is 1.